The number of para-hydroxylation sites is 2. The van der Waals surface area contributed by atoms with Crippen LogP contribution >= 0.6 is 23.1 Å². The molecule has 1 aliphatic rings. The number of thioether (sulfide) groups is 1. The molecule has 0 radical (unpaired) electrons. The molecular formula is C22H22N4O3S2. The van der Waals surface area contributed by atoms with Crippen molar-refractivity contribution in [1.29, 1.82) is 0 Å². The third-order valence-electron chi connectivity index (χ3n) is 4.79. The van der Waals surface area contributed by atoms with Gasteiger partial charge in [-0.2, -0.15) is 0 Å². The van der Waals surface area contributed by atoms with E-state index in [9.17, 15) is 9.59 Å². The predicted octanol–water partition coefficient (Wildman–Crippen LogP) is 4.22. The van der Waals surface area contributed by atoms with Gasteiger partial charge in [0.25, 0.3) is 0 Å². The van der Waals surface area contributed by atoms with Crippen LogP contribution in [-0.2, 0) is 15.3 Å². The van der Waals surface area contributed by atoms with E-state index in [1.807, 2.05) is 49.4 Å². The van der Waals surface area contributed by atoms with Crippen molar-refractivity contribution in [2.75, 3.05) is 23.4 Å². The highest BCUT2D eigenvalue weighted by atomic mass is 32.2. The number of aromatic nitrogens is 2. The number of hydrogen-bond acceptors (Lipinski definition) is 7. The second-order valence-corrected chi connectivity index (χ2v) is 9.14. The number of ether oxygens (including phenoxy) is 1. The number of nitrogens with zero attached hydrogens (tertiary/aromatic N) is 3. The van der Waals surface area contributed by atoms with Gasteiger partial charge in [-0.25, -0.2) is 0 Å². The topological polar surface area (TPSA) is 84.4 Å². The van der Waals surface area contributed by atoms with E-state index >= 15 is 0 Å². The van der Waals surface area contributed by atoms with Crippen molar-refractivity contribution in [2.24, 2.45) is 5.92 Å². The molecule has 2 amide bonds. The highest BCUT2D eigenvalue weighted by Crippen LogP contribution is 2.34. The first kappa shape index (κ1) is 21.3. The molecule has 7 nitrogen and oxygen atoms in total. The molecule has 1 unspecified atom stereocenters. The maximum Gasteiger partial charge on any atom is 0.231 e. The van der Waals surface area contributed by atoms with E-state index in [4.69, 9.17) is 4.74 Å². The summed E-state index contributed by atoms with van der Waals surface area (Å²) in [5, 5.41) is 11.5. The Labute approximate surface area is 188 Å². The molecular weight excluding hydrogens is 432 g/mol. The highest BCUT2D eigenvalue weighted by Gasteiger charge is 2.36. The van der Waals surface area contributed by atoms with Crippen LogP contribution in [0.15, 0.2) is 58.9 Å². The fourth-order valence-electron chi connectivity index (χ4n) is 3.32. The van der Waals surface area contributed by atoms with Gasteiger partial charge in [0.15, 0.2) is 4.34 Å². The standard InChI is InChI=1S/C22H22N4O3S2/c1-2-29-18-11-7-6-10-17(18)26-13-16(12-19(26)27)20(28)23-21-24-25-22(31-21)30-14-15-8-4-3-5-9-15/h3-11,16H,2,12-14H2,1H3,(H,23,24,28). The van der Waals surface area contributed by atoms with Crippen LogP contribution in [0.5, 0.6) is 5.75 Å². The maximum absolute atomic E-state index is 12.7. The van der Waals surface area contributed by atoms with Crippen LogP contribution in [0.3, 0.4) is 0 Å². The minimum Gasteiger partial charge on any atom is -0.492 e. The zero-order valence-electron chi connectivity index (χ0n) is 17.0. The van der Waals surface area contributed by atoms with Crippen molar-refractivity contribution < 1.29 is 14.3 Å². The first-order valence-corrected chi connectivity index (χ1v) is 11.8. The van der Waals surface area contributed by atoms with Crippen molar-refractivity contribution in [2.45, 2.75) is 23.4 Å². The van der Waals surface area contributed by atoms with Crippen LogP contribution in [0.4, 0.5) is 10.8 Å². The molecule has 9 heteroatoms. The second kappa shape index (κ2) is 9.93. The van der Waals surface area contributed by atoms with Crippen LogP contribution in [0.25, 0.3) is 0 Å². The molecule has 1 saturated heterocycles. The molecule has 31 heavy (non-hydrogen) atoms. The molecule has 0 aliphatic carbocycles. The van der Waals surface area contributed by atoms with E-state index in [0.717, 1.165) is 10.1 Å². The predicted molar refractivity (Wildman–Crippen MR) is 123 cm³/mol. The number of carbonyl (C=O) groups is 2. The van der Waals surface area contributed by atoms with E-state index in [0.29, 0.717) is 29.7 Å². The Morgan fingerprint density at radius 1 is 1.19 bits per heavy atom. The van der Waals surface area contributed by atoms with Crippen molar-refractivity contribution in [3.63, 3.8) is 0 Å². The Morgan fingerprint density at radius 3 is 2.77 bits per heavy atom. The first-order valence-electron chi connectivity index (χ1n) is 9.97. The summed E-state index contributed by atoms with van der Waals surface area (Å²) in [6, 6.07) is 17.5. The van der Waals surface area contributed by atoms with Crippen LogP contribution in [-0.4, -0.2) is 35.2 Å². The van der Waals surface area contributed by atoms with Crippen LogP contribution in [0.2, 0.25) is 0 Å². The summed E-state index contributed by atoms with van der Waals surface area (Å²) in [6.07, 6.45) is 0.153. The molecule has 0 saturated carbocycles. The third-order valence-corrected chi connectivity index (χ3v) is 6.84. The molecule has 1 aromatic heterocycles. The SMILES string of the molecule is CCOc1ccccc1N1CC(C(=O)Nc2nnc(SCc3ccccc3)s2)CC1=O. The minimum absolute atomic E-state index is 0.0938. The summed E-state index contributed by atoms with van der Waals surface area (Å²) in [5.41, 5.74) is 1.89. The van der Waals surface area contributed by atoms with Gasteiger partial charge in [0.1, 0.15) is 5.75 Å². The minimum atomic E-state index is -0.452. The fourth-order valence-corrected chi connectivity index (χ4v) is 5.03. The summed E-state index contributed by atoms with van der Waals surface area (Å²) in [5.74, 6) is 0.661. The Balaban J connectivity index is 1.35. The van der Waals surface area contributed by atoms with E-state index in [1.54, 1.807) is 16.7 Å². The number of hydrogen-bond donors (Lipinski definition) is 1. The van der Waals surface area contributed by atoms with Gasteiger partial charge in [-0.05, 0) is 24.6 Å². The van der Waals surface area contributed by atoms with Gasteiger partial charge in [-0.3, -0.25) is 9.59 Å². The van der Waals surface area contributed by atoms with Gasteiger partial charge in [0, 0.05) is 18.7 Å². The van der Waals surface area contributed by atoms with Crippen molar-refractivity contribution >= 4 is 45.7 Å². The summed E-state index contributed by atoms with van der Waals surface area (Å²) in [4.78, 5) is 27.0. The molecule has 3 aromatic rings. The monoisotopic (exact) mass is 454 g/mol. The number of carbonyl (C=O) groups excluding carboxylic acids is 2. The highest BCUT2D eigenvalue weighted by molar-refractivity contribution is 8.00. The fraction of sp³-hybridized carbons (Fsp3) is 0.273. The Hall–Kier alpha value is -2.91. The van der Waals surface area contributed by atoms with Gasteiger partial charge in [-0.15, -0.1) is 10.2 Å². The van der Waals surface area contributed by atoms with Crippen LogP contribution in [0.1, 0.15) is 18.9 Å². The number of amides is 2. The lowest BCUT2D eigenvalue weighted by Crippen LogP contribution is -2.28. The molecule has 1 aliphatic heterocycles. The lowest BCUT2D eigenvalue weighted by atomic mass is 10.1. The average molecular weight is 455 g/mol. The van der Waals surface area contributed by atoms with Gasteiger partial charge in [-0.1, -0.05) is 65.6 Å². The van der Waals surface area contributed by atoms with Crippen molar-refractivity contribution in [3.8, 4) is 5.75 Å². The molecule has 1 N–H and O–H groups in total. The number of nitrogens with one attached hydrogen (secondary N) is 1. The third kappa shape index (κ3) is 5.23. The Morgan fingerprint density at radius 2 is 1.97 bits per heavy atom. The van der Waals surface area contributed by atoms with Crippen LogP contribution < -0.4 is 15.0 Å². The summed E-state index contributed by atoms with van der Waals surface area (Å²) in [6.45, 7) is 2.71. The first-order chi connectivity index (χ1) is 15.1. The lowest BCUT2D eigenvalue weighted by Gasteiger charge is -2.20. The van der Waals surface area contributed by atoms with Gasteiger partial charge < -0.3 is 15.0 Å². The van der Waals surface area contributed by atoms with E-state index in [-0.39, 0.29) is 18.2 Å². The molecule has 0 bridgehead atoms. The van der Waals surface area contributed by atoms with Crippen LogP contribution in [0, 0.1) is 5.92 Å². The average Bonchev–Trinajstić information content (AvgIpc) is 3.40. The van der Waals surface area contributed by atoms with E-state index in [1.165, 1.54) is 16.9 Å². The maximum atomic E-state index is 12.7. The van der Waals surface area contributed by atoms with Gasteiger partial charge in [0.2, 0.25) is 16.9 Å². The van der Waals surface area contributed by atoms with E-state index in [2.05, 4.69) is 27.6 Å². The normalized spacial score (nSPS) is 15.8. The molecule has 4 rings (SSSR count). The van der Waals surface area contributed by atoms with Gasteiger partial charge >= 0.3 is 0 Å². The molecule has 160 valence electrons. The molecule has 2 aromatic carbocycles. The number of benzene rings is 2. The van der Waals surface area contributed by atoms with Gasteiger partial charge in [0.05, 0.1) is 18.2 Å². The van der Waals surface area contributed by atoms with E-state index < -0.39 is 5.92 Å². The molecule has 1 fully saturated rings. The smallest absolute Gasteiger partial charge is 0.231 e. The van der Waals surface area contributed by atoms with Crippen molar-refractivity contribution in [3.05, 3.63) is 60.2 Å². The number of anilines is 2. The lowest BCUT2D eigenvalue weighted by molar-refractivity contribution is -0.122. The Kier molecular flexibility index (Phi) is 6.83. The summed E-state index contributed by atoms with van der Waals surface area (Å²) in [7, 11) is 0. The zero-order chi connectivity index (χ0) is 21.6. The molecule has 1 atom stereocenters. The number of rotatable bonds is 8. The Bertz CT molecular complexity index is 1060. The largest absolute Gasteiger partial charge is 0.492 e. The van der Waals surface area contributed by atoms with Crippen molar-refractivity contribution in [1.82, 2.24) is 10.2 Å². The molecule has 2 heterocycles. The second-order valence-electron chi connectivity index (χ2n) is 6.94. The summed E-state index contributed by atoms with van der Waals surface area (Å²) >= 11 is 2.91. The quantitative estimate of drug-likeness (QED) is 0.405. The molecule has 0 spiro atoms. The summed E-state index contributed by atoms with van der Waals surface area (Å²) < 4.78 is 6.42. The zero-order valence-corrected chi connectivity index (χ0v) is 18.6.